The summed E-state index contributed by atoms with van der Waals surface area (Å²) in [6.07, 6.45) is 3.50. The van der Waals surface area contributed by atoms with Gasteiger partial charge in [-0.05, 0) is 53.9 Å². The predicted octanol–water partition coefficient (Wildman–Crippen LogP) is 2.00. The third-order valence-electron chi connectivity index (χ3n) is 4.20. The van der Waals surface area contributed by atoms with Crippen molar-refractivity contribution in [2.24, 2.45) is 0 Å². The third-order valence-corrected chi connectivity index (χ3v) is 5.08. The molecule has 2 aliphatic rings. The minimum absolute atomic E-state index is 0.0297. The first-order valence-corrected chi connectivity index (χ1v) is 7.55. The highest BCUT2D eigenvalue weighted by atomic mass is 79.9. The molecule has 2 saturated heterocycles. The molecule has 1 amide bonds. The summed E-state index contributed by atoms with van der Waals surface area (Å²) in [4.78, 5) is 14.8. The molecule has 0 saturated carbocycles. The number of fused-ring (bicyclic) bond motifs is 1. The molecule has 3 N–H and O–H groups in total. The van der Waals surface area contributed by atoms with Gasteiger partial charge in [0.05, 0.1) is 10.0 Å². The van der Waals surface area contributed by atoms with E-state index in [1.165, 1.54) is 19.4 Å². The SMILES string of the molecule is Nc1cccc(C(=O)NC2CCN3CCCC23)c1Br. The van der Waals surface area contributed by atoms with Crippen molar-refractivity contribution < 1.29 is 4.79 Å². The number of nitrogens with zero attached hydrogens (tertiary/aromatic N) is 1. The number of hydrogen-bond acceptors (Lipinski definition) is 3. The van der Waals surface area contributed by atoms with E-state index in [2.05, 4.69) is 26.1 Å². The molecule has 3 rings (SSSR count). The molecule has 0 bridgehead atoms. The smallest absolute Gasteiger partial charge is 0.252 e. The Morgan fingerprint density at radius 3 is 3.05 bits per heavy atom. The van der Waals surface area contributed by atoms with Gasteiger partial charge in [-0.2, -0.15) is 0 Å². The van der Waals surface area contributed by atoms with Gasteiger partial charge in [0, 0.05) is 24.3 Å². The number of nitrogen functional groups attached to an aromatic ring is 1. The van der Waals surface area contributed by atoms with E-state index in [4.69, 9.17) is 5.73 Å². The molecule has 2 aliphatic heterocycles. The van der Waals surface area contributed by atoms with Crippen molar-refractivity contribution in [3.05, 3.63) is 28.2 Å². The van der Waals surface area contributed by atoms with Gasteiger partial charge in [0.15, 0.2) is 0 Å². The molecule has 5 heteroatoms. The maximum Gasteiger partial charge on any atom is 0.252 e. The molecule has 4 nitrogen and oxygen atoms in total. The molecule has 2 heterocycles. The van der Waals surface area contributed by atoms with Crippen LogP contribution in [-0.4, -0.2) is 36.0 Å². The first-order chi connectivity index (χ1) is 9.16. The summed E-state index contributed by atoms with van der Waals surface area (Å²) >= 11 is 3.39. The van der Waals surface area contributed by atoms with Crippen molar-refractivity contribution >= 4 is 27.5 Å². The molecule has 2 fully saturated rings. The van der Waals surface area contributed by atoms with Crippen LogP contribution in [0.3, 0.4) is 0 Å². The van der Waals surface area contributed by atoms with Gasteiger partial charge in [0.25, 0.3) is 5.91 Å². The average Bonchev–Trinajstić information content (AvgIpc) is 2.97. The Morgan fingerprint density at radius 2 is 2.21 bits per heavy atom. The van der Waals surface area contributed by atoms with E-state index in [1.807, 2.05) is 6.07 Å². The second kappa shape index (κ2) is 5.13. The lowest BCUT2D eigenvalue weighted by atomic mass is 10.1. The molecular weight excluding hydrogens is 306 g/mol. The monoisotopic (exact) mass is 323 g/mol. The molecule has 0 aromatic heterocycles. The summed E-state index contributed by atoms with van der Waals surface area (Å²) in [5.74, 6) is -0.0297. The van der Waals surface area contributed by atoms with Crippen molar-refractivity contribution in [1.82, 2.24) is 10.2 Å². The van der Waals surface area contributed by atoms with Gasteiger partial charge in [-0.15, -0.1) is 0 Å². The van der Waals surface area contributed by atoms with Gasteiger partial charge in [0.2, 0.25) is 0 Å². The molecule has 102 valence electrons. The molecule has 0 aliphatic carbocycles. The van der Waals surface area contributed by atoms with E-state index in [1.54, 1.807) is 12.1 Å². The van der Waals surface area contributed by atoms with Gasteiger partial charge in [-0.1, -0.05) is 6.07 Å². The minimum Gasteiger partial charge on any atom is -0.398 e. The largest absolute Gasteiger partial charge is 0.398 e. The molecule has 1 aromatic carbocycles. The normalized spacial score (nSPS) is 26.4. The van der Waals surface area contributed by atoms with Gasteiger partial charge in [-0.25, -0.2) is 0 Å². The number of carbonyl (C=O) groups is 1. The molecule has 2 unspecified atom stereocenters. The van der Waals surface area contributed by atoms with E-state index in [9.17, 15) is 4.79 Å². The van der Waals surface area contributed by atoms with E-state index < -0.39 is 0 Å². The Hall–Kier alpha value is -1.07. The summed E-state index contributed by atoms with van der Waals surface area (Å²) < 4.78 is 0.689. The first-order valence-electron chi connectivity index (χ1n) is 6.75. The quantitative estimate of drug-likeness (QED) is 0.818. The van der Waals surface area contributed by atoms with Crippen LogP contribution in [0, 0.1) is 0 Å². The van der Waals surface area contributed by atoms with Gasteiger partial charge >= 0.3 is 0 Å². The summed E-state index contributed by atoms with van der Waals surface area (Å²) in [5, 5.41) is 3.17. The Morgan fingerprint density at radius 1 is 1.37 bits per heavy atom. The van der Waals surface area contributed by atoms with Crippen molar-refractivity contribution in [3.8, 4) is 0 Å². The van der Waals surface area contributed by atoms with E-state index in [-0.39, 0.29) is 11.9 Å². The summed E-state index contributed by atoms with van der Waals surface area (Å²) in [5.41, 5.74) is 7.04. The standard InChI is InChI=1S/C14H18BrN3O/c15-13-9(3-1-4-10(13)16)14(19)17-11-6-8-18-7-2-5-12(11)18/h1,3-4,11-12H,2,5-8,16H2,(H,17,19). The second-order valence-corrected chi connectivity index (χ2v) is 6.12. The number of carbonyl (C=O) groups excluding carboxylic acids is 1. The summed E-state index contributed by atoms with van der Waals surface area (Å²) in [7, 11) is 0. The zero-order valence-corrected chi connectivity index (χ0v) is 12.3. The van der Waals surface area contributed by atoms with Crippen molar-refractivity contribution in [2.75, 3.05) is 18.8 Å². The maximum atomic E-state index is 12.3. The highest BCUT2D eigenvalue weighted by Gasteiger charge is 2.37. The van der Waals surface area contributed by atoms with Crippen LogP contribution < -0.4 is 11.1 Å². The highest BCUT2D eigenvalue weighted by molar-refractivity contribution is 9.10. The lowest BCUT2D eigenvalue weighted by Crippen LogP contribution is -2.42. The van der Waals surface area contributed by atoms with Crippen molar-refractivity contribution in [3.63, 3.8) is 0 Å². The lowest BCUT2D eigenvalue weighted by Gasteiger charge is -2.21. The number of amides is 1. The van der Waals surface area contributed by atoms with Gasteiger partial charge < -0.3 is 11.1 Å². The summed E-state index contributed by atoms with van der Waals surface area (Å²) in [6, 6.07) is 6.21. The Labute approximate surface area is 121 Å². The first kappa shape index (κ1) is 12.9. The van der Waals surface area contributed by atoms with E-state index in [0.29, 0.717) is 21.8 Å². The second-order valence-electron chi connectivity index (χ2n) is 5.32. The Balaban J connectivity index is 1.73. The molecule has 2 atom stereocenters. The van der Waals surface area contributed by atoms with Crippen LogP contribution in [0.15, 0.2) is 22.7 Å². The number of hydrogen-bond donors (Lipinski definition) is 2. The van der Waals surface area contributed by atoms with Gasteiger partial charge in [-0.3, -0.25) is 9.69 Å². The minimum atomic E-state index is -0.0297. The van der Waals surface area contributed by atoms with Crippen LogP contribution >= 0.6 is 15.9 Å². The Kier molecular flexibility index (Phi) is 3.50. The van der Waals surface area contributed by atoms with Crippen molar-refractivity contribution in [1.29, 1.82) is 0 Å². The van der Waals surface area contributed by atoms with Crippen molar-refractivity contribution in [2.45, 2.75) is 31.3 Å². The molecular formula is C14H18BrN3O. The van der Waals surface area contributed by atoms with E-state index in [0.717, 1.165) is 13.0 Å². The number of nitrogens with one attached hydrogen (secondary N) is 1. The maximum absolute atomic E-state index is 12.3. The van der Waals surface area contributed by atoms with Crippen LogP contribution in [0.25, 0.3) is 0 Å². The highest BCUT2D eigenvalue weighted by Crippen LogP contribution is 2.29. The molecule has 1 aromatic rings. The van der Waals surface area contributed by atoms with E-state index >= 15 is 0 Å². The molecule has 0 radical (unpaired) electrons. The average molecular weight is 324 g/mol. The number of anilines is 1. The topological polar surface area (TPSA) is 58.4 Å². The van der Waals surface area contributed by atoms with Gasteiger partial charge in [0.1, 0.15) is 0 Å². The number of rotatable bonds is 2. The fourth-order valence-corrected chi connectivity index (χ4v) is 3.67. The lowest BCUT2D eigenvalue weighted by molar-refractivity contribution is 0.0929. The number of halogens is 1. The van der Waals surface area contributed by atoms with Crippen LogP contribution in [-0.2, 0) is 0 Å². The third kappa shape index (κ3) is 2.37. The molecule has 19 heavy (non-hydrogen) atoms. The fourth-order valence-electron chi connectivity index (χ4n) is 3.22. The zero-order valence-electron chi connectivity index (χ0n) is 10.7. The number of nitrogens with two attached hydrogens (primary N) is 1. The van der Waals surface area contributed by atoms with Crippen LogP contribution in [0.2, 0.25) is 0 Å². The Bertz CT molecular complexity index is 505. The van der Waals surface area contributed by atoms with Crippen LogP contribution in [0.5, 0.6) is 0 Å². The number of benzene rings is 1. The predicted molar refractivity (Wildman–Crippen MR) is 79.0 cm³/mol. The molecule has 0 spiro atoms. The fraction of sp³-hybridized carbons (Fsp3) is 0.500. The summed E-state index contributed by atoms with van der Waals surface area (Å²) in [6.45, 7) is 2.28. The van der Waals surface area contributed by atoms with Crippen LogP contribution in [0.4, 0.5) is 5.69 Å². The zero-order chi connectivity index (χ0) is 13.4. The van der Waals surface area contributed by atoms with Crippen LogP contribution in [0.1, 0.15) is 29.6 Å².